The van der Waals surface area contributed by atoms with E-state index in [0.717, 1.165) is 5.56 Å². The summed E-state index contributed by atoms with van der Waals surface area (Å²) in [6.07, 6.45) is -7.05. The van der Waals surface area contributed by atoms with Crippen LogP contribution in [-0.2, 0) is 4.74 Å². The summed E-state index contributed by atoms with van der Waals surface area (Å²) in [5.74, 6) is 0.935. The second-order valence-corrected chi connectivity index (χ2v) is 7.59. The summed E-state index contributed by atoms with van der Waals surface area (Å²) in [5.41, 5.74) is 1.70. The van der Waals surface area contributed by atoms with Crippen molar-refractivity contribution in [3.05, 3.63) is 58.4 Å². The molecule has 0 radical (unpaired) electrons. The molecule has 9 nitrogen and oxygen atoms in total. The van der Waals surface area contributed by atoms with Crippen molar-refractivity contribution < 1.29 is 39.1 Å². The summed E-state index contributed by atoms with van der Waals surface area (Å²) in [4.78, 5) is 12.3. The van der Waals surface area contributed by atoms with Gasteiger partial charge in [-0.25, -0.2) is 4.79 Å². The number of hydrogen-bond acceptors (Lipinski definition) is 9. The first kappa shape index (κ1) is 22.3. The van der Waals surface area contributed by atoms with E-state index in [4.69, 9.17) is 18.6 Å². The number of aryl methyl sites for hydroxylation is 1. The molecule has 4 rings (SSSR count). The maximum atomic E-state index is 12.3. The Labute approximate surface area is 183 Å². The molecule has 4 N–H and O–H groups in total. The Morgan fingerprint density at radius 2 is 1.72 bits per heavy atom. The molecule has 5 atom stereocenters. The van der Waals surface area contributed by atoms with E-state index in [0.29, 0.717) is 27.8 Å². The van der Waals surface area contributed by atoms with E-state index in [1.54, 1.807) is 38.3 Å². The van der Waals surface area contributed by atoms with Crippen LogP contribution in [0, 0.1) is 6.92 Å². The fourth-order valence-corrected chi connectivity index (χ4v) is 3.77. The van der Waals surface area contributed by atoms with Gasteiger partial charge in [0.15, 0.2) is 0 Å². The van der Waals surface area contributed by atoms with Crippen molar-refractivity contribution in [2.75, 3.05) is 13.7 Å². The van der Waals surface area contributed by atoms with Gasteiger partial charge in [-0.3, -0.25) is 0 Å². The SMILES string of the molecule is COc1ccc(-c2cc(=O)oc3c(C)c(OC4OC(CO)C(O)C(O)C4O)ccc23)cc1. The second-order valence-electron chi connectivity index (χ2n) is 7.59. The van der Waals surface area contributed by atoms with Crippen LogP contribution in [0.3, 0.4) is 0 Å². The van der Waals surface area contributed by atoms with Gasteiger partial charge in [0.25, 0.3) is 0 Å². The lowest BCUT2D eigenvalue weighted by Gasteiger charge is -2.39. The summed E-state index contributed by atoms with van der Waals surface area (Å²) < 4.78 is 21.8. The van der Waals surface area contributed by atoms with E-state index >= 15 is 0 Å². The number of fused-ring (bicyclic) bond motifs is 1. The molecule has 1 saturated heterocycles. The standard InChI is InChI=1S/C23H24O9/c1-11-16(30-23-21(28)20(27)19(26)17(10-24)31-23)8-7-14-15(9-18(25)32-22(11)14)12-3-5-13(29-2)6-4-12/h3-9,17,19-21,23-24,26-28H,10H2,1-2H3. The highest BCUT2D eigenvalue weighted by molar-refractivity contribution is 5.95. The average Bonchev–Trinajstić information content (AvgIpc) is 2.81. The molecular weight excluding hydrogens is 420 g/mol. The third-order valence-electron chi connectivity index (χ3n) is 5.60. The lowest BCUT2D eigenvalue weighted by Crippen LogP contribution is -2.60. The Hall–Kier alpha value is -2.95. The number of rotatable bonds is 5. The van der Waals surface area contributed by atoms with Gasteiger partial charge >= 0.3 is 5.63 Å². The zero-order chi connectivity index (χ0) is 23.0. The van der Waals surface area contributed by atoms with Crippen LogP contribution >= 0.6 is 0 Å². The smallest absolute Gasteiger partial charge is 0.336 e. The Balaban J connectivity index is 1.72. The largest absolute Gasteiger partial charge is 0.497 e. The van der Waals surface area contributed by atoms with Crippen molar-refractivity contribution in [2.45, 2.75) is 37.6 Å². The van der Waals surface area contributed by atoms with Crippen molar-refractivity contribution in [1.29, 1.82) is 0 Å². The van der Waals surface area contributed by atoms with E-state index in [-0.39, 0.29) is 5.75 Å². The maximum absolute atomic E-state index is 12.3. The molecule has 5 unspecified atom stereocenters. The van der Waals surface area contributed by atoms with Crippen LogP contribution in [0.5, 0.6) is 11.5 Å². The van der Waals surface area contributed by atoms with E-state index in [9.17, 15) is 25.2 Å². The summed E-state index contributed by atoms with van der Waals surface area (Å²) in [6, 6.07) is 12.0. The molecule has 9 heteroatoms. The summed E-state index contributed by atoms with van der Waals surface area (Å²) in [5, 5.41) is 40.2. The lowest BCUT2D eigenvalue weighted by molar-refractivity contribution is -0.277. The molecular formula is C23H24O9. The minimum atomic E-state index is -1.56. The number of hydrogen-bond donors (Lipinski definition) is 4. The van der Waals surface area contributed by atoms with Crippen LogP contribution in [0.2, 0.25) is 0 Å². The molecule has 0 bridgehead atoms. The molecule has 1 aromatic heterocycles. The summed E-state index contributed by atoms with van der Waals surface area (Å²) >= 11 is 0. The first-order valence-electron chi connectivity index (χ1n) is 10.0. The van der Waals surface area contributed by atoms with Gasteiger partial charge in [-0.15, -0.1) is 0 Å². The molecule has 2 aromatic carbocycles. The van der Waals surface area contributed by atoms with E-state index in [2.05, 4.69) is 0 Å². The highest BCUT2D eigenvalue weighted by atomic mass is 16.7. The molecule has 32 heavy (non-hydrogen) atoms. The van der Waals surface area contributed by atoms with Gasteiger partial charge in [0.1, 0.15) is 41.5 Å². The van der Waals surface area contributed by atoms with Gasteiger partial charge in [-0.05, 0) is 42.3 Å². The predicted molar refractivity (Wildman–Crippen MR) is 114 cm³/mol. The van der Waals surface area contributed by atoms with Gasteiger partial charge in [0.2, 0.25) is 6.29 Å². The summed E-state index contributed by atoms with van der Waals surface area (Å²) in [7, 11) is 1.57. The van der Waals surface area contributed by atoms with Crippen LogP contribution in [-0.4, -0.2) is 64.8 Å². The third-order valence-corrected chi connectivity index (χ3v) is 5.60. The van der Waals surface area contributed by atoms with Crippen LogP contribution in [0.15, 0.2) is 51.7 Å². The van der Waals surface area contributed by atoms with Crippen molar-refractivity contribution in [1.82, 2.24) is 0 Å². The Kier molecular flexibility index (Phi) is 6.18. The molecule has 1 aliphatic rings. The van der Waals surface area contributed by atoms with Crippen LogP contribution in [0.25, 0.3) is 22.1 Å². The van der Waals surface area contributed by atoms with Crippen LogP contribution in [0.1, 0.15) is 5.56 Å². The molecule has 3 aromatic rings. The topological polar surface area (TPSA) is 139 Å². The molecule has 0 spiro atoms. The molecule has 0 amide bonds. The van der Waals surface area contributed by atoms with Crippen molar-refractivity contribution in [2.24, 2.45) is 0 Å². The molecule has 1 fully saturated rings. The van der Waals surface area contributed by atoms with Crippen molar-refractivity contribution in [3.8, 4) is 22.6 Å². The zero-order valence-corrected chi connectivity index (χ0v) is 17.5. The minimum Gasteiger partial charge on any atom is -0.497 e. The van der Waals surface area contributed by atoms with Crippen LogP contribution < -0.4 is 15.1 Å². The first-order chi connectivity index (χ1) is 15.3. The van der Waals surface area contributed by atoms with Gasteiger partial charge in [0.05, 0.1) is 13.7 Å². The normalized spacial score (nSPS) is 25.6. The average molecular weight is 444 g/mol. The Morgan fingerprint density at radius 1 is 1.00 bits per heavy atom. The fraction of sp³-hybridized carbons (Fsp3) is 0.348. The number of aliphatic hydroxyl groups is 4. The minimum absolute atomic E-state index is 0.247. The highest BCUT2D eigenvalue weighted by Gasteiger charge is 2.44. The second kappa shape index (κ2) is 8.89. The Morgan fingerprint density at radius 3 is 2.38 bits per heavy atom. The van der Waals surface area contributed by atoms with E-state index < -0.39 is 42.9 Å². The number of benzene rings is 2. The molecule has 170 valence electrons. The van der Waals surface area contributed by atoms with Crippen molar-refractivity contribution in [3.63, 3.8) is 0 Å². The van der Waals surface area contributed by atoms with E-state index in [1.165, 1.54) is 6.07 Å². The van der Waals surface area contributed by atoms with Gasteiger partial charge in [0, 0.05) is 17.0 Å². The number of aliphatic hydroxyl groups excluding tert-OH is 4. The number of ether oxygens (including phenoxy) is 3. The van der Waals surface area contributed by atoms with Crippen molar-refractivity contribution >= 4 is 11.0 Å². The third kappa shape index (κ3) is 3.96. The van der Waals surface area contributed by atoms with Gasteiger partial charge < -0.3 is 39.1 Å². The van der Waals surface area contributed by atoms with Gasteiger partial charge in [-0.2, -0.15) is 0 Å². The Bertz CT molecular complexity index is 1150. The van der Waals surface area contributed by atoms with Gasteiger partial charge in [-0.1, -0.05) is 12.1 Å². The maximum Gasteiger partial charge on any atom is 0.336 e. The fourth-order valence-electron chi connectivity index (χ4n) is 3.77. The monoisotopic (exact) mass is 444 g/mol. The molecule has 1 aliphatic heterocycles. The van der Waals surface area contributed by atoms with Crippen LogP contribution in [0.4, 0.5) is 0 Å². The molecule has 0 aliphatic carbocycles. The molecule has 0 saturated carbocycles. The number of methoxy groups -OCH3 is 1. The molecule has 2 heterocycles. The first-order valence-corrected chi connectivity index (χ1v) is 10.0. The quantitative estimate of drug-likeness (QED) is 0.424. The summed E-state index contributed by atoms with van der Waals surface area (Å²) in [6.45, 7) is 1.12. The lowest BCUT2D eigenvalue weighted by atomic mass is 9.99. The predicted octanol–water partition coefficient (Wildman–Crippen LogP) is 0.956. The highest BCUT2D eigenvalue weighted by Crippen LogP contribution is 2.35. The van der Waals surface area contributed by atoms with E-state index in [1.807, 2.05) is 12.1 Å². The zero-order valence-electron chi connectivity index (χ0n) is 17.5.